The molecule has 0 fully saturated rings. The Morgan fingerprint density at radius 1 is 1.07 bits per heavy atom. The summed E-state index contributed by atoms with van der Waals surface area (Å²) in [5.74, 6) is -0.0862. The number of benzene rings is 2. The zero-order valence-corrected chi connectivity index (χ0v) is 14.8. The van der Waals surface area contributed by atoms with Crippen molar-refractivity contribution in [1.29, 1.82) is 0 Å². The minimum atomic E-state index is -0.568. The van der Waals surface area contributed by atoms with Crippen LogP contribution in [-0.4, -0.2) is 20.2 Å². The van der Waals surface area contributed by atoms with E-state index in [4.69, 9.17) is 5.73 Å². The molecular formula is C18H16N5O5+. The number of anilines is 1. The van der Waals surface area contributed by atoms with Gasteiger partial charge in [-0.05, 0) is 0 Å². The second kappa shape index (κ2) is 7.27. The van der Waals surface area contributed by atoms with E-state index in [1.807, 2.05) is 0 Å². The highest BCUT2D eigenvalue weighted by Gasteiger charge is 2.22. The molecule has 28 heavy (non-hydrogen) atoms. The van der Waals surface area contributed by atoms with Crippen LogP contribution in [0.4, 0.5) is 17.3 Å². The van der Waals surface area contributed by atoms with Crippen LogP contribution < -0.4 is 10.3 Å². The van der Waals surface area contributed by atoms with Crippen LogP contribution in [0.3, 0.4) is 0 Å². The van der Waals surface area contributed by atoms with Gasteiger partial charge in [-0.3, -0.25) is 30.8 Å². The van der Waals surface area contributed by atoms with Crippen molar-refractivity contribution in [1.82, 2.24) is 4.57 Å². The molecular weight excluding hydrogens is 366 g/mol. The number of aromatic nitrogens is 2. The number of non-ortho nitro benzene ring substituents is 2. The molecule has 0 radical (unpaired) electrons. The Hall–Kier alpha value is -4.08. The molecule has 0 bridgehead atoms. The van der Waals surface area contributed by atoms with Gasteiger partial charge in [0.25, 0.3) is 11.4 Å². The maximum absolute atomic E-state index is 12.5. The van der Waals surface area contributed by atoms with Crippen LogP contribution in [0.1, 0.15) is 10.4 Å². The number of Topliss-reactive ketones (excluding diaryl/α,β-unsaturated/α-hetero) is 1. The summed E-state index contributed by atoms with van der Waals surface area (Å²) >= 11 is 0. The molecule has 0 aliphatic rings. The number of nitrogens with zero attached hydrogens (tertiary/aromatic N) is 4. The number of carbonyl (C=O) groups is 1. The van der Waals surface area contributed by atoms with E-state index in [9.17, 15) is 25.0 Å². The van der Waals surface area contributed by atoms with Gasteiger partial charge in [0.2, 0.25) is 0 Å². The Morgan fingerprint density at radius 2 is 1.68 bits per heavy atom. The van der Waals surface area contributed by atoms with Gasteiger partial charge in [-0.25, -0.2) is 9.13 Å². The molecule has 10 heteroatoms. The van der Waals surface area contributed by atoms with E-state index in [-0.39, 0.29) is 35.2 Å². The number of ketones is 1. The average molecular weight is 382 g/mol. The lowest BCUT2D eigenvalue weighted by Gasteiger charge is -2.00. The van der Waals surface area contributed by atoms with Crippen molar-refractivity contribution in [2.45, 2.75) is 6.54 Å². The van der Waals surface area contributed by atoms with Gasteiger partial charge in [0.15, 0.2) is 5.78 Å². The summed E-state index contributed by atoms with van der Waals surface area (Å²) in [6.07, 6.45) is 1.61. The molecule has 2 aromatic carbocycles. The fourth-order valence-electron chi connectivity index (χ4n) is 2.83. The highest BCUT2D eigenvalue weighted by Crippen LogP contribution is 2.24. The van der Waals surface area contributed by atoms with Gasteiger partial charge in [0.1, 0.15) is 18.4 Å². The van der Waals surface area contributed by atoms with E-state index >= 15 is 0 Å². The molecule has 2 N–H and O–H groups in total. The summed E-state index contributed by atoms with van der Waals surface area (Å²) in [4.78, 5) is 33.4. The molecule has 0 saturated heterocycles. The molecule has 0 aliphatic heterocycles. The van der Waals surface area contributed by atoms with Crippen LogP contribution in [0.5, 0.6) is 0 Å². The lowest BCUT2D eigenvalue weighted by molar-refractivity contribution is -0.667. The Bertz CT molecular complexity index is 1110. The topological polar surface area (TPSA) is 138 Å². The van der Waals surface area contributed by atoms with Gasteiger partial charge in [0.05, 0.1) is 16.9 Å². The third-order valence-electron chi connectivity index (χ3n) is 4.32. The Morgan fingerprint density at radius 3 is 2.32 bits per heavy atom. The monoisotopic (exact) mass is 382 g/mol. The maximum atomic E-state index is 12.5. The van der Waals surface area contributed by atoms with Crippen molar-refractivity contribution < 1.29 is 19.2 Å². The summed E-state index contributed by atoms with van der Waals surface area (Å²) in [6.45, 7) is -0.129. The maximum Gasteiger partial charge on any atom is 0.355 e. The molecule has 1 heterocycles. The minimum absolute atomic E-state index is 0.0588. The zero-order valence-electron chi connectivity index (χ0n) is 14.8. The van der Waals surface area contributed by atoms with Gasteiger partial charge in [-0.1, -0.05) is 24.3 Å². The summed E-state index contributed by atoms with van der Waals surface area (Å²) in [6, 6.07) is 11.5. The molecule has 0 saturated carbocycles. The number of hydrogen-bond donors (Lipinski definition) is 1. The Kier molecular flexibility index (Phi) is 4.86. The fourth-order valence-corrected chi connectivity index (χ4v) is 2.83. The third-order valence-corrected chi connectivity index (χ3v) is 4.32. The van der Waals surface area contributed by atoms with E-state index in [2.05, 4.69) is 0 Å². The highest BCUT2D eigenvalue weighted by molar-refractivity contribution is 5.95. The first-order valence-corrected chi connectivity index (χ1v) is 8.15. The number of nitro groups is 2. The van der Waals surface area contributed by atoms with Crippen molar-refractivity contribution in [2.24, 2.45) is 7.05 Å². The first-order chi connectivity index (χ1) is 13.3. The van der Waals surface area contributed by atoms with Gasteiger partial charge < -0.3 is 0 Å². The number of nitro benzene ring substituents is 2. The summed E-state index contributed by atoms with van der Waals surface area (Å²) in [7, 11) is 1.68. The molecule has 3 rings (SSSR count). The van der Waals surface area contributed by atoms with Crippen molar-refractivity contribution in [3.63, 3.8) is 0 Å². The first kappa shape index (κ1) is 18.7. The van der Waals surface area contributed by atoms with E-state index < -0.39 is 9.85 Å². The molecule has 10 nitrogen and oxygen atoms in total. The third kappa shape index (κ3) is 3.56. The SMILES string of the molecule is Cn1c(-c2cccc([N+](=O)[O-])c2)c[n+](CC(=O)c2cccc([N+](=O)[O-])c2)c1N. The van der Waals surface area contributed by atoms with Crippen LogP contribution in [0.2, 0.25) is 0 Å². The molecule has 0 unspecified atom stereocenters. The normalized spacial score (nSPS) is 10.6. The summed E-state index contributed by atoms with van der Waals surface area (Å²) < 4.78 is 3.11. The number of rotatable bonds is 6. The van der Waals surface area contributed by atoms with Crippen LogP contribution >= 0.6 is 0 Å². The van der Waals surface area contributed by atoms with Gasteiger partial charge in [-0.15, -0.1) is 0 Å². The zero-order chi connectivity index (χ0) is 20.4. The van der Waals surface area contributed by atoms with Crippen LogP contribution in [0.15, 0.2) is 54.7 Å². The molecule has 142 valence electrons. The van der Waals surface area contributed by atoms with Gasteiger partial charge in [-0.2, -0.15) is 0 Å². The standard InChI is InChI=1S/C18H15N5O5/c1-20-16(12-4-2-6-14(8-12)22(25)26)10-21(18(20)19)11-17(24)13-5-3-7-15(9-13)23(27)28/h2-10,19H,11H2,1H3/p+1. The second-order valence-corrected chi connectivity index (χ2v) is 6.10. The number of nitrogen functional groups attached to an aromatic ring is 1. The van der Waals surface area contributed by atoms with E-state index in [0.29, 0.717) is 11.3 Å². The van der Waals surface area contributed by atoms with Crippen LogP contribution in [-0.2, 0) is 13.6 Å². The summed E-state index contributed by atoms with van der Waals surface area (Å²) in [5, 5.41) is 21.9. The molecule has 0 spiro atoms. The number of hydrogen-bond acceptors (Lipinski definition) is 6. The first-order valence-electron chi connectivity index (χ1n) is 8.15. The van der Waals surface area contributed by atoms with Crippen LogP contribution in [0.25, 0.3) is 11.3 Å². The smallest absolute Gasteiger partial charge is 0.291 e. The van der Waals surface area contributed by atoms with Crippen LogP contribution in [0, 0.1) is 20.2 Å². The number of carbonyl (C=O) groups excluding carboxylic acids is 1. The van der Waals surface area contributed by atoms with Crippen molar-refractivity contribution in [3.05, 3.63) is 80.5 Å². The van der Waals surface area contributed by atoms with Crippen molar-refractivity contribution >= 4 is 23.1 Å². The fraction of sp³-hybridized carbons (Fsp3) is 0.111. The average Bonchev–Trinajstić information content (AvgIpc) is 2.96. The lowest BCUT2D eigenvalue weighted by atomic mass is 10.1. The molecule has 0 aliphatic carbocycles. The highest BCUT2D eigenvalue weighted by atomic mass is 16.6. The number of nitrogens with two attached hydrogens (primary N) is 1. The van der Waals surface area contributed by atoms with E-state index in [0.717, 1.165) is 0 Å². The predicted molar refractivity (Wildman–Crippen MR) is 99.5 cm³/mol. The lowest BCUT2D eigenvalue weighted by Crippen LogP contribution is -2.39. The largest absolute Gasteiger partial charge is 0.355 e. The van der Waals surface area contributed by atoms with Crippen molar-refractivity contribution in [3.8, 4) is 11.3 Å². The Labute approximate surface area is 158 Å². The molecule has 3 aromatic rings. The van der Waals surface area contributed by atoms with E-state index in [1.165, 1.54) is 41.0 Å². The van der Waals surface area contributed by atoms with Gasteiger partial charge in [0, 0.05) is 35.4 Å². The quantitative estimate of drug-likeness (QED) is 0.300. The molecule has 0 atom stereocenters. The minimum Gasteiger partial charge on any atom is -0.291 e. The molecule has 0 amide bonds. The van der Waals surface area contributed by atoms with Crippen molar-refractivity contribution in [2.75, 3.05) is 5.73 Å². The predicted octanol–water partition coefficient (Wildman–Crippen LogP) is 2.26. The second-order valence-electron chi connectivity index (χ2n) is 6.10. The molecule has 1 aromatic heterocycles. The van der Waals surface area contributed by atoms with E-state index in [1.54, 1.807) is 29.9 Å². The Balaban J connectivity index is 1.92. The number of imidazole rings is 1. The summed E-state index contributed by atoms with van der Waals surface area (Å²) in [5.41, 5.74) is 7.20. The van der Waals surface area contributed by atoms with Gasteiger partial charge >= 0.3 is 5.95 Å².